The summed E-state index contributed by atoms with van der Waals surface area (Å²) in [4.78, 5) is 4.30. The molecule has 0 atom stereocenters. The van der Waals surface area contributed by atoms with Crippen LogP contribution in [-0.4, -0.2) is 24.2 Å². The van der Waals surface area contributed by atoms with Gasteiger partial charge in [-0.05, 0) is 34.1 Å². The standard InChI is InChI=1S/C13H19BrN2O2Si/c1-19(2,3)7-6-17-10-16-8-11(15-9-16)12-4-5-13(14)18-12/h4-5,8-9H,6-7,10H2,1-3H3. The maximum atomic E-state index is 5.67. The summed E-state index contributed by atoms with van der Waals surface area (Å²) in [6.07, 6.45) is 3.69. The average molecular weight is 343 g/mol. The van der Waals surface area contributed by atoms with Gasteiger partial charge in [-0.3, -0.25) is 0 Å². The molecule has 0 aromatic carbocycles. The van der Waals surface area contributed by atoms with Crippen molar-refractivity contribution in [3.63, 3.8) is 0 Å². The number of aromatic nitrogens is 2. The van der Waals surface area contributed by atoms with Gasteiger partial charge in [-0.1, -0.05) is 19.6 Å². The molecule has 0 N–H and O–H groups in total. The summed E-state index contributed by atoms with van der Waals surface area (Å²) in [5, 5.41) is 0. The second kappa shape index (κ2) is 6.07. The molecule has 0 radical (unpaired) electrons. The first-order valence-corrected chi connectivity index (χ1v) is 10.8. The van der Waals surface area contributed by atoms with Gasteiger partial charge in [0.15, 0.2) is 10.4 Å². The summed E-state index contributed by atoms with van der Waals surface area (Å²) in [5.41, 5.74) is 0.819. The second-order valence-corrected chi connectivity index (χ2v) is 12.1. The highest BCUT2D eigenvalue weighted by molar-refractivity contribution is 9.10. The Morgan fingerprint density at radius 1 is 1.37 bits per heavy atom. The Balaban J connectivity index is 1.85. The quantitative estimate of drug-likeness (QED) is 0.582. The molecule has 0 aliphatic rings. The minimum Gasteiger partial charge on any atom is -0.448 e. The van der Waals surface area contributed by atoms with E-state index in [1.807, 2.05) is 22.9 Å². The molecule has 0 bridgehead atoms. The second-order valence-electron chi connectivity index (χ2n) is 5.72. The lowest BCUT2D eigenvalue weighted by Gasteiger charge is -2.15. The molecule has 2 aromatic rings. The molecular weight excluding hydrogens is 324 g/mol. The highest BCUT2D eigenvalue weighted by Gasteiger charge is 2.12. The molecule has 4 nitrogen and oxygen atoms in total. The van der Waals surface area contributed by atoms with Crippen LogP contribution in [0.5, 0.6) is 0 Å². The van der Waals surface area contributed by atoms with Crippen molar-refractivity contribution in [1.29, 1.82) is 0 Å². The zero-order valence-electron chi connectivity index (χ0n) is 11.5. The van der Waals surface area contributed by atoms with Gasteiger partial charge in [0.2, 0.25) is 0 Å². The number of ether oxygens (including phenoxy) is 1. The third kappa shape index (κ3) is 4.63. The Morgan fingerprint density at radius 2 is 2.16 bits per heavy atom. The zero-order valence-corrected chi connectivity index (χ0v) is 14.1. The van der Waals surface area contributed by atoms with E-state index in [1.165, 1.54) is 6.04 Å². The van der Waals surface area contributed by atoms with E-state index < -0.39 is 8.07 Å². The van der Waals surface area contributed by atoms with Crippen LogP contribution in [0.15, 0.2) is 33.7 Å². The Labute approximate surface area is 122 Å². The number of imidazole rings is 1. The fourth-order valence-corrected chi connectivity index (χ4v) is 2.62. The van der Waals surface area contributed by atoms with E-state index in [0.717, 1.165) is 18.1 Å². The molecule has 104 valence electrons. The van der Waals surface area contributed by atoms with Crippen LogP contribution in [0.25, 0.3) is 11.5 Å². The topological polar surface area (TPSA) is 40.2 Å². The van der Waals surface area contributed by atoms with Gasteiger partial charge in [0.1, 0.15) is 12.4 Å². The van der Waals surface area contributed by atoms with Crippen molar-refractivity contribution in [1.82, 2.24) is 9.55 Å². The van der Waals surface area contributed by atoms with Gasteiger partial charge in [0.05, 0.1) is 6.33 Å². The molecule has 2 rings (SSSR count). The molecule has 0 amide bonds. The van der Waals surface area contributed by atoms with Crippen molar-refractivity contribution in [2.24, 2.45) is 0 Å². The van der Waals surface area contributed by atoms with Gasteiger partial charge in [-0.15, -0.1) is 0 Å². The number of halogens is 1. The van der Waals surface area contributed by atoms with Crippen molar-refractivity contribution in [2.45, 2.75) is 32.4 Å². The van der Waals surface area contributed by atoms with Crippen LogP contribution < -0.4 is 0 Å². The smallest absolute Gasteiger partial charge is 0.169 e. The summed E-state index contributed by atoms with van der Waals surface area (Å²) in [6.45, 7) is 8.40. The molecule has 0 saturated carbocycles. The summed E-state index contributed by atoms with van der Waals surface area (Å²) >= 11 is 3.28. The molecule has 0 aliphatic heterocycles. The highest BCUT2D eigenvalue weighted by atomic mass is 79.9. The Kier molecular flexibility index (Phi) is 4.65. The van der Waals surface area contributed by atoms with Crippen molar-refractivity contribution < 1.29 is 9.15 Å². The van der Waals surface area contributed by atoms with Crippen LogP contribution in [0.1, 0.15) is 0 Å². The van der Waals surface area contributed by atoms with Gasteiger partial charge in [0.25, 0.3) is 0 Å². The zero-order chi connectivity index (χ0) is 13.9. The van der Waals surface area contributed by atoms with Crippen molar-refractivity contribution in [3.8, 4) is 11.5 Å². The summed E-state index contributed by atoms with van der Waals surface area (Å²) in [6, 6.07) is 4.93. The first-order chi connectivity index (χ1) is 8.94. The lowest BCUT2D eigenvalue weighted by atomic mass is 10.4. The van der Waals surface area contributed by atoms with E-state index in [9.17, 15) is 0 Å². The molecule has 0 saturated heterocycles. The van der Waals surface area contributed by atoms with E-state index in [1.54, 1.807) is 6.33 Å². The van der Waals surface area contributed by atoms with E-state index in [0.29, 0.717) is 11.4 Å². The molecule has 2 heterocycles. The molecule has 0 unspecified atom stereocenters. The normalized spacial score (nSPS) is 12.0. The molecule has 6 heteroatoms. The van der Waals surface area contributed by atoms with Crippen molar-refractivity contribution in [3.05, 3.63) is 29.3 Å². The number of furan rings is 1. The summed E-state index contributed by atoms with van der Waals surface area (Å²) in [7, 11) is -1.01. The third-order valence-electron chi connectivity index (χ3n) is 2.70. The molecular formula is C13H19BrN2O2Si. The van der Waals surface area contributed by atoms with Crippen LogP contribution >= 0.6 is 15.9 Å². The lowest BCUT2D eigenvalue weighted by molar-refractivity contribution is 0.0871. The predicted octanol–water partition coefficient (Wildman–Crippen LogP) is 4.22. The van der Waals surface area contributed by atoms with Crippen molar-refractivity contribution >= 4 is 24.0 Å². The van der Waals surface area contributed by atoms with Crippen LogP contribution in [0.2, 0.25) is 25.7 Å². The lowest BCUT2D eigenvalue weighted by Crippen LogP contribution is -2.21. The fourth-order valence-electron chi connectivity index (χ4n) is 1.56. The Morgan fingerprint density at radius 3 is 2.79 bits per heavy atom. The predicted molar refractivity (Wildman–Crippen MR) is 81.7 cm³/mol. The molecule has 0 spiro atoms. The third-order valence-corrected chi connectivity index (χ3v) is 4.83. The van der Waals surface area contributed by atoms with E-state index in [2.05, 4.69) is 40.6 Å². The number of hydrogen-bond donors (Lipinski definition) is 0. The fraction of sp³-hybridized carbons (Fsp3) is 0.462. The van der Waals surface area contributed by atoms with Gasteiger partial charge >= 0.3 is 0 Å². The van der Waals surface area contributed by atoms with Crippen LogP contribution in [-0.2, 0) is 11.5 Å². The first-order valence-electron chi connectivity index (χ1n) is 6.29. The van der Waals surface area contributed by atoms with Gasteiger partial charge in [-0.2, -0.15) is 0 Å². The van der Waals surface area contributed by atoms with E-state index in [-0.39, 0.29) is 0 Å². The van der Waals surface area contributed by atoms with Crippen molar-refractivity contribution in [2.75, 3.05) is 6.61 Å². The number of nitrogens with zero attached hydrogens (tertiary/aromatic N) is 2. The van der Waals surface area contributed by atoms with Crippen LogP contribution in [0.3, 0.4) is 0 Å². The first kappa shape index (κ1) is 14.6. The van der Waals surface area contributed by atoms with Crippen LogP contribution in [0, 0.1) is 0 Å². The molecule has 0 aliphatic carbocycles. The number of hydrogen-bond acceptors (Lipinski definition) is 3. The van der Waals surface area contributed by atoms with Gasteiger partial charge in [0, 0.05) is 20.9 Å². The van der Waals surface area contributed by atoms with Gasteiger partial charge < -0.3 is 13.7 Å². The molecule has 0 fully saturated rings. The minimum atomic E-state index is -1.01. The Hall–Kier alpha value is -0.853. The SMILES string of the molecule is C[Si](C)(C)CCOCn1cnc(-c2ccc(Br)o2)c1. The highest BCUT2D eigenvalue weighted by Crippen LogP contribution is 2.23. The summed E-state index contributed by atoms with van der Waals surface area (Å²) < 4.78 is 13.8. The maximum Gasteiger partial charge on any atom is 0.169 e. The van der Waals surface area contributed by atoms with E-state index in [4.69, 9.17) is 9.15 Å². The Bertz CT molecular complexity index is 531. The van der Waals surface area contributed by atoms with Crippen LogP contribution in [0.4, 0.5) is 0 Å². The molecule has 2 aromatic heterocycles. The maximum absolute atomic E-state index is 5.67. The monoisotopic (exact) mass is 342 g/mol. The summed E-state index contributed by atoms with van der Waals surface area (Å²) in [5.74, 6) is 0.757. The number of rotatable bonds is 6. The molecule has 19 heavy (non-hydrogen) atoms. The van der Waals surface area contributed by atoms with Gasteiger partial charge in [-0.25, -0.2) is 4.98 Å². The van der Waals surface area contributed by atoms with E-state index >= 15 is 0 Å². The average Bonchev–Trinajstić information content (AvgIpc) is 2.92. The largest absolute Gasteiger partial charge is 0.448 e. The minimum absolute atomic E-state index is 0.541.